The summed E-state index contributed by atoms with van der Waals surface area (Å²) in [5.74, 6) is 0. The maximum absolute atomic E-state index is 12.9. The van der Waals surface area contributed by atoms with Gasteiger partial charge < -0.3 is 0 Å². The van der Waals surface area contributed by atoms with Crippen LogP contribution in [0.15, 0.2) is 35.1 Å². The molecule has 4 nitrogen and oxygen atoms in total. The summed E-state index contributed by atoms with van der Waals surface area (Å²) in [6.45, 7) is 0. The van der Waals surface area contributed by atoms with Crippen LogP contribution in [0.5, 0.6) is 0 Å². The fourth-order valence-corrected chi connectivity index (χ4v) is 5.43. The van der Waals surface area contributed by atoms with Crippen LogP contribution in [0.2, 0.25) is 0 Å². The van der Waals surface area contributed by atoms with E-state index in [2.05, 4.69) is 5.10 Å². The van der Waals surface area contributed by atoms with E-state index in [4.69, 9.17) is 4.98 Å². The van der Waals surface area contributed by atoms with Crippen LogP contribution in [-0.4, -0.2) is 14.6 Å². The number of aryl methyl sites for hydroxylation is 2. The summed E-state index contributed by atoms with van der Waals surface area (Å²) in [4.78, 5) is 20.6. The second kappa shape index (κ2) is 4.97. The molecule has 114 valence electrons. The van der Waals surface area contributed by atoms with Crippen LogP contribution in [0.25, 0.3) is 25.7 Å². The average molecular weight is 339 g/mol. The van der Waals surface area contributed by atoms with Crippen LogP contribution in [0.1, 0.15) is 23.3 Å². The number of aromatic nitrogens is 3. The minimum Gasteiger partial charge on any atom is -0.266 e. The van der Waals surface area contributed by atoms with Crippen molar-refractivity contribution in [1.82, 2.24) is 14.6 Å². The van der Waals surface area contributed by atoms with Crippen molar-refractivity contribution in [1.29, 1.82) is 0 Å². The molecule has 6 heteroatoms. The van der Waals surface area contributed by atoms with Crippen molar-refractivity contribution in [3.05, 3.63) is 51.1 Å². The zero-order valence-electron chi connectivity index (χ0n) is 12.3. The summed E-state index contributed by atoms with van der Waals surface area (Å²) < 4.78 is 1.48. The second-order valence-electron chi connectivity index (χ2n) is 5.78. The first-order valence-corrected chi connectivity index (χ1v) is 9.34. The van der Waals surface area contributed by atoms with Crippen molar-refractivity contribution in [2.75, 3.05) is 0 Å². The Kier molecular flexibility index (Phi) is 2.90. The standard InChI is InChI=1S/C17H13N3OS2/c21-16-13-11-8-4-5-9-12(11)22-15(13)18-17-20(16)19-14(23-17)10-6-2-1-3-7-10/h1-3,6-7H,4-5,8-9H2. The Hall–Kier alpha value is -2.05. The van der Waals surface area contributed by atoms with Gasteiger partial charge in [-0.15, -0.1) is 11.3 Å². The Balaban J connectivity index is 1.81. The van der Waals surface area contributed by atoms with E-state index in [0.29, 0.717) is 4.96 Å². The zero-order chi connectivity index (χ0) is 15.4. The summed E-state index contributed by atoms with van der Waals surface area (Å²) in [7, 11) is 0. The number of thiophene rings is 1. The smallest absolute Gasteiger partial charge is 0.266 e. The van der Waals surface area contributed by atoms with Gasteiger partial charge in [-0.25, -0.2) is 4.98 Å². The minimum absolute atomic E-state index is 0.0113. The predicted octanol–water partition coefficient (Wildman–Crippen LogP) is 3.91. The molecule has 5 rings (SSSR count). The first-order valence-electron chi connectivity index (χ1n) is 7.71. The monoisotopic (exact) mass is 339 g/mol. The molecule has 0 N–H and O–H groups in total. The third-order valence-electron chi connectivity index (χ3n) is 4.34. The van der Waals surface area contributed by atoms with Gasteiger partial charge in [0.15, 0.2) is 0 Å². The summed E-state index contributed by atoms with van der Waals surface area (Å²) in [5, 5.41) is 6.16. The maximum Gasteiger partial charge on any atom is 0.284 e. The van der Waals surface area contributed by atoms with E-state index in [9.17, 15) is 4.79 Å². The summed E-state index contributed by atoms with van der Waals surface area (Å²) in [5.41, 5.74) is 2.23. The number of hydrogen-bond acceptors (Lipinski definition) is 5. The molecule has 0 saturated heterocycles. The average Bonchev–Trinajstić information content (AvgIpc) is 3.17. The van der Waals surface area contributed by atoms with Crippen LogP contribution in [0.3, 0.4) is 0 Å². The molecule has 0 atom stereocenters. The van der Waals surface area contributed by atoms with E-state index in [1.165, 1.54) is 32.7 Å². The zero-order valence-corrected chi connectivity index (χ0v) is 13.9. The largest absolute Gasteiger partial charge is 0.284 e. The Bertz CT molecular complexity index is 1090. The van der Waals surface area contributed by atoms with Gasteiger partial charge in [0.25, 0.3) is 5.56 Å². The molecule has 0 spiro atoms. The number of benzene rings is 1. The lowest BCUT2D eigenvalue weighted by Gasteiger charge is -2.09. The number of fused-ring (bicyclic) bond motifs is 4. The van der Waals surface area contributed by atoms with Gasteiger partial charge in [-0.05, 0) is 31.2 Å². The Morgan fingerprint density at radius 2 is 1.87 bits per heavy atom. The van der Waals surface area contributed by atoms with Crippen LogP contribution < -0.4 is 5.56 Å². The normalized spacial score (nSPS) is 14.4. The molecule has 0 fully saturated rings. The molecule has 0 saturated carbocycles. The summed E-state index contributed by atoms with van der Waals surface area (Å²) >= 11 is 3.16. The summed E-state index contributed by atoms with van der Waals surface area (Å²) in [6, 6.07) is 9.95. The van der Waals surface area contributed by atoms with Crippen molar-refractivity contribution in [3.63, 3.8) is 0 Å². The van der Waals surface area contributed by atoms with Gasteiger partial charge in [0, 0.05) is 10.4 Å². The highest BCUT2D eigenvalue weighted by Crippen LogP contribution is 2.34. The molecule has 0 aliphatic heterocycles. The molecule has 0 bridgehead atoms. The van der Waals surface area contributed by atoms with Crippen molar-refractivity contribution in [3.8, 4) is 10.6 Å². The molecule has 1 aliphatic rings. The van der Waals surface area contributed by atoms with E-state index in [1.807, 2.05) is 30.3 Å². The van der Waals surface area contributed by atoms with Gasteiger partial charge in [0.2, 0.25) is 4.96 Å². The molecule has 3 aromatic heterocycles. The lowest BCUT2D eigenvalue weighted by atomic mass is 9.97. The Morgan fingerprint density at radius 1 is 1.04 bits per heavy atom. The molecular formula is C17H13N3OS2. The van der Waals surface area contributed by atoms with Crippen molar-refractivity contribution >= 4 is 37.9 Å². The van der Waals surface area contributed by atoms with Gasteiger partial charge in [-0.1, -0.05) is 41.7 Å². The molecule has 23 heavy (non-hydrogen) atoms. The maximum atomic E-state index is 12.9. The van der Waals surface area contributed by atoms with Crippen LogP contribution in [-0.2, 0) is 12.8 Å². The van der Waals surface area contributed by atoms with Gasteiger partial charge in [0.05, 0.1) is 5.39 Å². The van der Waals surface area contributed by atoms with Crippen molar-refractivity contribution in [2.45, 2.75) is 25.7 Å². The highest BCUT2D eigenvalue weighted by molar-refractivity contribution is 7.21. The predicted molar refractivity (Wildman–Crippen MR) is 94.6 cm³/mol. The first kappa shape index (κ1) is 13.4. The Labute approximate surface area is 140 Å². The van der Waals surface area contributed by atoms with Crippen molar-refractivity contribution in [2.24, 2.45) is 0 Å². The molecule has 1 aromatic carbocycles. The quantitative estimate of drug-likeness (QED) is 0.528. The van der Waals surface area contributed by atoms with Gasteiger partial charge >= 0.3 is 0 Å². The van der Waals surface area contributed by atoms with Crippen LogP contribution in [0.4, 0.5) is 0 Å². The summed E-state index contributed by atoms with van der Waals surface area (Å²) in [6.07, 6.45) is 4.45. The molecule has 4 aromatic rings. The number of hydrogen-bond donors (Lipinski definition) is 0. The van der Waals surface area contributed by atoms with Crippen LogP contribution >= 0.6 is 22.7 Å². The van der Waals surface area contributed by atoms with E-state index in [1.54, 1.807) is 11.3 Å². The fraction of sp³-hybridized carbons (Fsp3) is 0.235. The lowest BCUT2D eigenvalue weighted by molar-refractivity contribution is 0.699. The fourth-order valence-electron chi connectivity index (χ4n) is 3.23. The number of rotatable bonds is 1. The third kappa shape index (κ3) is 1.98. The number of nitrogens with zero attached hydrogens (tertiary/aromatic N) is 3. The van der Waals surface area contributed by atoms with Gasteiger partial charge in [-0.3, -0.25) is 4.79 Å². The van der Waals surface area contributed by atoms with Gasteiger partial charge in [-0.2, -0.15) is 9.61 Å². The Morgan fingerprint density at radius 3 is 2.74 bits per heavy atom. The highest BCUT2D eigenvalue weighted by atomic mass is 32.1. The lowest BCUT2D eigenvalue weighted by Crippen LogP contribution is -2.16. The highest BCUT2D eigenvalue weighted by Gasteiger charge is 2.21. The molecule has 0 amide bonds. The van der Waals surface area contributed by atoms with Crippen molar-refractivity contribution < 1.29 is 0 Å². The molecule has 3 heterocycles. The SMILES string of the molecule is O=c1c2c3c(sc2nc2sc(-c4ccccc4)nn12)CCCC3. The van der Waals surface area contributed by atoms with E-state index < -0.39 is 0 Å². The third-order valence-corrected chi connectivity index (χ3v) is 6.48. The van der Waals surface area contributed by atoms with E-state index >= 15 is 0 Å². The van der Waals surface area contributed by atoms with E-state index in [-0.39, 0.29) is 5.56 Å². The minimum atomic E-state index is -0.0113. The molecule has 1 aliphatic carbocycles. The van der Waals surface area contributed by atoms with E-state index in [0.717, 1.165) is 40.1 Å². The molecule has 0 unspecified atom stereocenters. The molecular weight excluding hydrogens is 326 g/mol. The molecule has 0 radical (unpaired) electrons. The second-order valence-corrected chi connectivity index (χ2v) is 7.82. The first-order chi connectivity index (χ1) is 11.3. The van der Waals surface area contributed by atoms with Gasteiger partial charge in [0.1, 0.15) is 9.84 Å². The van der Waals surface area contributed by atoms with Crippen LogP contribution in [0, 0.1) is 0 Å². The topological polar surface area (TPSA) is 47.3 Å².